The highest BCUT2D eigenvalue weighted by molar-refractivity contribution is 7.89. The second-order valence-corrected chi connectivity index (χ2v) is 10.3. The molecule has 2 heterocycles. The Morgan fingerprint density at radius 3 is 2.39 bits per heavy atom. The van der Waals surface area contributed by atoms with E-state index < -0.39 is 10.0 Å². The van der Waals surface area contributed by atoms with Gasteiger partial charge < -0.3 is 0 Å². The summed E-state index contributed by atoms with van der Waals surface area (Å²) >= 11 is 0. The van der Waals surface area contributed by atoms with Crippen molar-refractivity contribution in [2.45, 2.75) is 48.8 Å². The van der Waals surface area contributed by atoms with Gasteiger partial charge in [-0.1, -0.05) is 48.0 Å². The van der Waals surface area contributed by atoms with E-state index in [0.717, 1.165) is 24.0 Å². The van der Waals surface area contributed by atoms with Crippen LogP contribution in [0.5, 0.6) is 0 Å². The molecule has 28 heavy (non-hydrogen) atoms. The highest BCUT2D eigenvalue weighted by Gasteiger charge is 2.67. The van der Waals surface area contributed by atoms with Gasteiger partial charge in [-0.05, 0) is 43.9 Å². The second kappa shape index (κ2) is 6.39. The number of hydroxylamine groups is 2. The molecule has 0 N–H and O–H groups in total. The Hall–Kier alpha value is -1.73. The number of rotatable bonds is 4. The lowest BCUT2D eigenvalue weighted by atomic mass is 9.90. The maximum atomic E-state index is 13.6. The number of nitrogens with zero attached hydrogens (tertiary/aromatic N) is 2. The maximum Gasteiger partial charge on any atom is 0.243 e. The maximum absolute atomic E-state index is 13.6. The monoisotopic (exact) mass is 398 g/mol. The van der Waals surface area contributed by atoms with Crippen molar-refractivity contribution < 1.29 is 13.3 Å². The molecule has 0 aromatic heterocycles. The summed E-state index contributed by atoms with van der Waals surface area (Å²) in [4.78, 5) is 6.57. The Balaban J connectivity index is 1.54. The van der Waals surface area contributed by atoms with Gasteiger partial charge in [-0.15, -0.1) is 0 Å². The molecule has 3 aliphatic rings. The SMILES string of the molecule is Cc1ccc(S(=O)(=O)N2C[C@@H]3[C@H]([C@@H]2Cc2ccccc2)N(C)OC32CC2)cc1. The average molecular weight is 399 g/mol. The number of hydrogen-bond acceptors (Lipinski definition) is 4. The van der Waals surface area contributed by atoms with Crippen LogP contribution in [0.1, 0.15) is 24.0 Å². The Morgan fingerprint density at radius 2 is 1.75 bits per heavy atom. The van der Waals surface area contributed by atoms with Crippen LogP contribution in [0.2, 0.25) is 0 Å². The minimum Gasteiger partial charge on any atom is -0.292 e. The van der Waals surface area contributed by atoms with Crippen LogP contribution in [0.3, 0.4) is 0 Å². The van der Waals surface area contributed by atoms with E-state index in [4.69, 9.17) is 4.84 Å². The minimum atomic E-state index is -3.56. The molecule has 0 unspecified atom stereocenters. The summed E-state index contributed by atoms with van der Waals surface area (Å²) < 4.78 is 28.9. The molecule has 1 aliphatic carbocycles. The number of aryl methyl sites for hydroxylation is 1. The van der Waals surface area contributed by atoms with Crippen molar-refractivity contribution in [1.82, 2.24) is 9.37 Å². The summed E-state index contributed by atoms with van der Waals surface area (Å²) in [5.41, 5.74) is 2.07. The largest absolute Gasteiger partial charge is 0.292 e. The van der Waals surface area contributed by atoms with Crippen LogP contribution in [-0.4, -0.2) is 49.1 Å². The molecule has 1 saturated carbocycles. The summed E-state index contributed by atoms with van der Waals surface area (Å²) in [6.45, 7) is 2.50. The van der Waals surface area contributed by atoms with Gasteiger partial charge in [0.25, 0.3) is 0 Å². The van der Waals surface area contributed by atoms with E-state index in [2.05, 4.69) is 12.1 Å². The third-order valence-electron chi connectivity index (χ3n) is 6.63. The fourth-order valence-corrected chi connectivity index (χ4v) is 6.71. The van der Waals surface area contributed by atoms with Crippen LogP contribution in [0, 0.1) is 12.8 Å². The Morgan fingerprint density at radius 1 is 1.07 bits per heavy atom. The first-order chi connectivity index (χ1) is 13.4. The van der Waals surface area contributed by atoms with E-state index in [9.17, 15) is 8.42 Å². The predicted octanol–water partition coefficient (Wildman–Crippen LogP) is 3.01. The van der Waals surface area contributed by atoms with Crippen molar-refractivity contribution in [2.75, 3.05) is 13.6 Å². The van der Waals surface area contributed by atoms with Crippen LogP contribution in [-0.2, 0) is 21.3 Å². The Bertz CT molecular complexity index is 971. The van der Waals surface area contributed by atoms with Crippen LogP contribution in [0.25, 0.3) is 0 Å². The fourth-order valence-electron chi connectivity index (χ4n) is 5.05. The third-order valence-corrected chi connectivity index (χ3v) is 8.54. The molecule has 3 fully saturated rings. The van der Waals surface area contributed by atoms with E-state index in [1.54, 1.807) is 16.4 Å². The number of sulfonamides is 1. The first kappa shape index (κ1) is 18.3. The highest BCUT2D eigenvalue weighted by atomic mass is 32.2. The zero-order chi connectivity index (χ0) is 19.5. The standard InChI is InChI=1S/C22H26N2O3S/c1-16-8-10-18(11-9-16)28(25,26)24-15-19-21(23(2)27-22(19)12-13-22)20(24)14-17-6-4-3-5-7-17/h3-11,19-21H,12-15H2,1-2H3/t19-,20+,21-/m1/s1. The molecule has 6 heteroatoms. The molecule has 2 aromatic carbocycles. The molecule has 2 aromatic rings. The van der Waals surface area contributed by atoms with Crippen LogP contribution < -0.4 is 0 Å². The Labute approximate surface area is 166 Å². The van der Waals surface area contributed by atoms with Gasteiger partial charge in [-0.25, -0.2) is 8.42 Å². The van der Waals surface area contributed by atoms with E-state index in [0.29, 0.717) is 17.9 Å². The number of fused-ring (bicyclic) bond motifs is 2. The van der Waals surface area contributed by atoms with Crippen molar-refractivity contribution in [2.24, 2.45) is 5.92 Å². The third kappa shape index (κ3) is 2.82. The Kier molecular flexibility index (Phi) is 4.18. The normalized spacial score (nSPS) is 29.3. The van der Waals surface area contributed by atoms with Gasteiger partial charge in [0.1, 0.15) is 0 Å². The molecule has 2 saturated heterocycles. The van der Waals surface area contributed by atoms with Gasteiger partial charge in [0.15, 0.2) is 0 Å². The van der Waals surface area contributed by atoms with Crippen molar-refractivity contribution in [1.29, 1.82) is 0 Å². The lowest BCUT2D eigenvalue weighted by Crippen LogP contribution is -2.45. The first-order valence-electron chi connectivity index (χ1n) is 9.95. The van der Waals surface area contributed by atoms with Crippen LogP contribution in [0.15, 0.2) is 59.5 Å². The molecule has 0 bridgehead atoms. The van der Waals surface area contributed by atoms with Gasteiger partial charge in [-0.3, -0.25) is 4.84 Å². The van der Waals surface area contributed by atoms with Crippen molar-refractivity contribution in [3.05, 3.63) is 65.7 Å². The van der Waals surface area contributed by atoms with Crippen molar-refractivity contribution in [3.8, 4) is 0 Å². The van der Waals surface area contributed by atoms with E-state index in [1.807, 2.05) is 49.4 Å². The van der Waals surface area contributed by atoms with Gasteiger partial charge >= 0.3 is 0 Å². The fraction of sp³-hybridized carbons (Fsp3) is 0.455. The van der Waals surface area contributed by atoms with Gasteiger partial charge in [0, 0.05) is 25.6 Å². The molecule has 0 radical (unpaired) electrons. The van der Waals surface area contributed by atoms with Crippen LogP contribution in [0.4, 0.5) is 0 Å². The predicted molar refractivity (Wildman–Crippen MR) is 107 cm³/mol. The number of benzene rings is 2. The lowest BCUT2D eigenvalue weighted by molar-refractivity contribution is -0.163. The first-order valence-corrected chi connectivity index (χ1v) is 11.4. The quantitative estimate of drug-likeness (QED) is 0.794. The molecule has 1 spiro atoms. The second-order valence-electron chi connectivity index (χ2n) is 8.44. The molecule has 148 valence electrons. The summed E-state index contributed by atoms with van der Waals surface area (Å²) in [5, 5.41) is 1.94. The summed E-state index contributed by atoms with van der Waals surface area (Å²) in [7, 11) is -1.60. The summed E-state index contributed by atoms with van der Waals surface area (Å²) in [6.07, 6.45) is 2.74. The smallest absolute Gasteiger partial charge is 0.243 e. The van der Waals surface area contributed by atoms with E-state index >= 15 is 0 Å². The summed E-state index contributed by atoms with van der Waals surface area (Å²) in [6, 6.07) is 17.3. The van der Waals surface area contributed by atoms with E-state index in [1.165, 1.54) is 0 Å². The van der Waals surface area contributed by atoms with Crippen LogP contribution >= 0.6 is 0 Å². The van der Waals surface area contributed by atoms with Gasteiger partial charge in [-0.2, -0.15) is 9.37 Å². The molecule has 2 aliphatic heterocycles. The molecular formula is C22H26N2O3S. The molecule has 0 amide bonds. The van der Waals surface area contributed by atoms with E-state index in [-0.39, 0.29) is 23.6 Å². The zero-order valence-corrected chi connectivity index (χ0v) is 17.1. The molecular weight excluding hydrogens is 372 g/mol. The van der Waals surface area contributed by atoms with Gasteiger partial charge in [0.2, 0.25) is 10.0 Å². The van der Waals surface area contributed by atoms with Gasteiger partial charge in [0.05, 0.1) is 16.5 Å². The molecule has 5 nitrogen and oxygen atoms in total. The number of hydrogen-bond donors (Lipinski definition) is 0. The average Bonchev–Trinajstić information content (AvgIpc) is 3.26. The topological polar surface area (TPSA) is 49.9 Å². The molecule has 3 atom stereocenters. The molecule has 5 rings (SSSR count). The summed E-state index contributed by atoms with van der Waals surface area (Å²) in [5.74, 6) is 0.228. The minimum absolute atomic E-state index is 0.0860. The zero-order valence-electron chi connectivity index (χ0n) is 16.3. The highest BCUT2D eigenvalue weighted by Crippen LogP contribution is 2.57. The van der Waals surface area contributed by atoms with Crippen molar-refractivity contribution >= 4 is 10.0 Å². The van der Waals surface area contributed by atoms with Crippen molar-refractivity contribution in [3.63, 3.8) is 0 Å². The lowest BCUT2D eigenvalue weighted by Gasteiger charge is -2.30. The number of likely N-dealkylation sites (N-methyl/N-ethyl adjacent to an activating group) is 1.